The van der Waals surface area contributed by atoms with Gasteiger partial charge in [0.15, 0.2) is 17.7 Å². The summed E-state index contributed by atoms with van der Waals surface area (Å²) in [6, 6.07) is 15.1. The highest BCUT2D eigenvalue weighted by atomic mass is 16.7. The van der Waals surface area contributed by atoms with Crippen molar-refractivity contribution in [1.29, 1.82) is 0 Å². The molecule has 1 aliphatic heterocycles. The Morgan fingerprint density at radius 3 is 2.44 bits per heavy atom. The van der Waals surface area contributed by atoms with Crippen LogP contribution in [0.15, 0.2) is 76.9 Å². The van der Waals surface area contributed by atoms with Crippen LogP contribution in [0.3, 0.4) is 0 Å². The summed E-state index contributed by atoms with van der Waals surface area (Å²) >= 11 is 0. The quantitative estimate of drug-likeness (QED) is 0.294. The first-order valence-corrected chi connectivity index (χ1v) is 10.7. The number of aromatic nitrogens is 1. The topological polar surface area (TPSA) is 112 Å². The highest BCUT2D eigenvalue weighted by Gasteiger charge is 2.41. The monoisotopic (exact) mass is 463 g/mol. The Labute approximate surface area is 196 Å². The molecule has 4 rings (SSSR count). The Morgan fingerprint density at radius 2 is 1.79 bits per heavy atom. The maximum atomic E-state index is 12.7. The largest absolute Gasteiger partial charge is 0.496 e. The van der Waals surface area contributed by atoms with Crippen LogP contribution < -0.4 is 15.4 Å². The smallest absolute Gasteiger partial charge is 0.352 e. The van der Waals surface area contributed by atoms with E-state index in [9.17, 15) is 9.59 Å². The molecule has 2 aromatic carbocycles. The van der Waals surface area contributed by atoms with Crippen molar-refractivity contribution < 1.29 is 28.2 Å². The number of hydrogen-bond acceptors (Lipinski definition) is 9. The van der Waals surface area contributed by atoms with E-state index in [0.29, 0.717) is 35.7 Å². The lowest BCUT2D eigenvalue weighted by Crippen LogP contribution is -2.44. The van der Waals surface area contributed by atoms with Crippen LogP contribution >= 0.6 is 0 Å². The molecule has 1 saturated heterocycles. The number of rotatable bonds is 8. The van der Waals surface area contributed by atoms with Crippen molar-refractivity contribution >= 4 is 17.6 Å². The van der Waals surface area contributed by atoms with Crippen LogP contribution in [0, 0.1) is 0 Å². The van der Waals surface area contributed by atoms with E-state index in [0.717, 1.165) is 5.56 Å². The summed E-state index contributed by atoms with van der Waals surface area (Å²) in [7, 11) is 1.54. The van der Waals surface area contributed by atoms with Crippen molar-refractivity contribution in [1.82, 2.24) is 10.3 Å². The average molecular weight is 463 g/mol. The molecule has 0 bridgehead atoms. The standard InChI is InChI=1S/C25H25N3O6/c1-25(2)33-23(29)21(24(30)34-25)22(27-12-11-16-7-5-4-6-8-16)28-17-9-10-18(19(13-17)31-3)20-14-26-15-32-20/h4-10,13-15,27-28H,11-12H2,1-3H3. The first-order chi connectivity index (χ1) is 16.4. The van der Waals surface area contributed by atoms with Crippen molar-refractivity contribution in [3.8, 4) is 17.1 Å². The van der Waals surface area contributed by atoms with Crippen molar-refractivity contribution in [2.75, 3.05) is 19.0 Å². The van der Waals surface area contributed by atoms with Gasteiger partial charge in [0.1, 0.15) is 11.6 Å². The number of benzene rings is 2. The first-order valence-electron chi connectivity index (χ1n) is 10.7. The maximum absolute atomic E-state index is 12.7. The SMILES string of the molecule is COc1cc(NC(NCCc2ccccc2)=C2C(=O)OC(C)(C)OC2=O)ccc1-c1cnco1. The van der Waals surface area contributed by atoms with Gasteiger partial charge in [0.2, 0.25) is 0 Å². The van der Waals surface area contributed by atoms with Crippen molar-refractivity contribution in [3.05, 3.63) is 78.1 Å². The normalized spacial score (nSPS) is 14.7. The van der Waals surface area contributed by atoms with E-state index in [1.807, 2.05) is 30.3 Å². The van der Waals surface area contributed by atoms with Gasteiger partial charge in [0, 0.05) is 32.1 Å². The summed E-state index contributed by atoms with van der Waals surface area (Å²) in [4.78, 5) is 29.4. The Balaban J connectivity index is 1.63. The van der Waals surface area contributed by atoms with Crippen molar-refractivity contribution in [2.24, 2.45) is 0 Å². The van der Waals surface area contributed by atoms with Crippen molar-refractivity contribution in [3.63, 3.8) is 0 Å². The van der Waals surface area contributed by atoms with Crippen LogP contribution in [0.4, 0.5) is 5.69 Å². The summed E-state index contributed by atoms with van der Waals surface area (Å²) in [5.41, 5.74) is 2.13. The van der Waals surface area contributed by atoms with Gasteiger partial charge < -0.3 is 29.3 Å². The lowest BCUT2D eigenvalue weighted by molar-refractivity contribution is -0.222. The number of carbonyl (C=O) groups is 2. The number of nitrogens with zero attached hydrogens (tertiary/aromatic N) is 1. The number of cyclic esters (lactones) is 2. The molecule has 0 aliphatic carbocycles. The molecule has 9 heteroatoms. The number of nitrogens with one attached hydrogen (secondary N) is 2. The molecular weight excluding hydrogens is 438 g/mol. The molecule has 1 aromatic heterocycles. The fourth-order valence-electron chi connectivity index (χ4n) is 3.49. The fourth-order valence-corrected chi connectivity index (χ4v) is 3.49. The summed E-state index contributed by atoms with van der Waals surface area (Å²) in [5, 5.41) is 6.26. The molecule has 2 N–H and O–H groups in total. The molecule has 0 amide bonds. The second-order valence-corrected chi connectivity index (χ2v) is 8.00. The Kier molecular flexibility index (Phi) is 6.53. The predicted molar refractivity (Wildman–Crippen MR) is 124 cm³/mol. The second kappa shape index (κ2) is 9.70. The third kappa shape index (κ3) is 5.20. The van der Waals surface area contributed by atoms with Gasteiger partial charge in [-0.15, -0.1) is 0 Å². The highest BCUT2D eigenvalue weighted by molar-refractivity contribution is 6.16. The zero-order valence-electron chi connectivity index (χ0n) is 19.1. The molecule has 0 unspecified atom stereocenters. The first kappa shape index (κ1) is 22.9. The number of ether oxygens (including phenoxy) is 3. The Bertz CT molecular complexity index is 1180. The number of methoxy groups -OCH3 is 1. The molecule has 3 aromatic rings. The minimum absolute atomic E-state index is 0.177. The summed E-state index contributed by atoms with van der Waals surface area (Å²) in [6.07, 6.45) is 3.59. The van der Waals surface area contributed by atoms with Gasteiger partial charge in [0.05, 0.1) is 18.9 Å². The van der Waals surface area contributed by atoms with Gasteiger partial charge in [0.25, 0.3) is 5.79 Å². The summed E-state index contributed by atoms with van der Waals surface area (Å²) < 4.78 is 21.4. The van der Waals surface area contributed by atoms with Gasteiger partial charge in [-0.25, -0.2) is 14.6 Å². The Morgan fingerprint density at radius 1 is 1.06 bits per heavy atom. The third-order valence-corrected chi connectivity index (χ3v) is 5.06. The highest BCUT2D eigenvalue weighted by Crippen LogP contribution is 2.33. The number of esters is 2. The van der Waals surface area contributed by atoms with Crippen LogP contribution in [0.2, 0.25) is 0 Å². The molecular formula is C25H25N3O6. The van der Waals surface area contributed by atoms with E-state index in [-0.39, 0.29) is 11.4 Å². The molecule has 0 atom stereocenters. The molecule has 0 radical (unpaired) electrons. The lowest BCUT2D eigenvalue weighted by atomic mass is 10.1. The van der Waals surface area contributed by atoms with E-state index in [2.05, 4.69) is 15.6 Å². The number of oxazole rings is 1. The van der Waals surface area contributed by atoms with Gasteiger partial charge in [-0.1, -0.05) is 30.3 Å². The molecule has 1 fully saturated rings. The van der Waals surface area contributed by atoms with Crippen LogP contribution in [-0.2, 0) is 25.5 Å². The minimum atomic E-state index is -1.34. The van der Waals surface area contributed by atoms with E-state index < -0.39 is 17.7 Å². The van der Waals surface area contributed by atoms with E-state index in [4.69, 9.17) is 18.6 Å². The minimum Gasteiger partial charge on any atom is -0.496 e. The molecule has 0 saturated carbocycles. The van der Waals surface area contributed by atoms with Crippen molar-refractivity contribution in [2.45, 2.75) is 26.1 Å². The maximum Gasteiger partial charge on any atom is 0.352 e. The third-order valence-electron chi connectivity index (χ3n) is 5.06. The summed E-state index contributed by atoms with van der Waals surface area (Å²) in [5.74, 6) is -1.65. The molecule has 2 heterocycles. The molecule has 34 heavy (non-hydrogen) atoms. The van der Waals surface area contributed by atoms with Gasteiger partial charge in [-0.3, -0.25) is 0 Å². The van der Waals surface area contributed by atoms with Gasteiger partial charge in [-0.05, 0) is 24.1 Å². The number of carbonyl (C=O) groups excluding carboxylic acids is 2. The van der Waals surface area contributed by atoms with E-state index in [1.54, 1.807) is 24.4 Å². The zero-order chi connectivity index (χ0) is 24.1. The lowest BCUT2D eigenvalue weighted by Gasteiger charge is -2.31. The molecule has 9 nitrogen and oxygen atoms in total. The molecule has 0 spiro atoms. The zero-order valence-corrected chi connectivity index (χ0v) is 19.1. The number of anilines is 1. The van der Waals surface area contributed by atoms with E-state index in [1.165, 1.54) is 27.4 Å². The van der Waals surface area contributed by atoms with Crippen LogP contribution in [0.25, 0.3) is 11.3 Å². The van der Waals surface area contributed by atoms with Gasteiger partial charge in [-0.2, -0.15) is 0 Å². The molecule has 1 aliphatic rings. The van der Waals surface area contributed by atoms with Gasteiger partial charge >= 0.3 is 11.9 Å². The summed E-state index contributed by atoms with van der Waals surface area (Å²) in [6.45, 7) is 3.46. The Hall–Kier alpha value is -4.27. The van der Waals surface area contributed by atoms with Crippen LogP contribution in [0.5, 0.6) is 5.75 Å². The van der Waals surface area contributed by atoms with E-state index >= 15 is 0 Å². The average Bonchev–Trinajstić information content (AvgIpc) is 3.33. The second-order valence-electron chi connectivity index (χ2n) is 8.00. The van der Waals surface area contributed by atoms with Crippen LogP contribution in [0.1, 0.15) is 19.4 Å². The predicted octanol–water partition coefficient (Wildman–Crippen LogP) is 3.64. The van der Waals surface area contributed by atoms with Crippen LogP contribution in [-0.4, -0.2) is 36.4 Å². The molecule has 176 valence electrons. The number of hydrogen-bond donors (Lipinski definition) is 2. The fraction of sp³-hybridized carbons (Fsp3) is 0.240.